The fourth-order valence-electron chi connectivity index (χ4n) is 2.12. The average Bonchev–Trinajstić information content (AvgIpc) is 2.49. The summed E-state index contributed by atoms with van der Waals surface area (Å²) in [4.78, 5) is 16.6. The van der Waals surface area contributed by atoms with Gasteiger partial charge < -0.3 is 5.11 Å². The number of rotatable bonds is 3. The average molecular weight is 295 g/mol. The van der Waals surface area contributed by atoms with Crippen LogP contribution >= 0.6 is 11.8 Å². The Hall–Kier alpha value is -2.33. The Bertz CT molecular complexity index is 830. The number of aromatic nitrogens is 1. The molecule has 0 saturated heterocycles. The van der Waals surface area contributed by atoms with Crippen LogP contribution < -0.4 is 0 Å². The van der Waals surface area contributed by atoms with E-state index in [1.54, 1.807) is 13.0 Å². The number of aryl methyl sites for hydroxylation is 1. The first-order chi connectivity index (χ1) is 10.1. The van der Waals surface area contributed by atoms with Crippen LogP contribution in [0.25, 0.3) is 10.9 Å². The van der Waals surface area contributed by atoms with Crippen LogP contribution in [0.5, 0.6) is 0 Å². The molecule has 0 spiro atoms. The van der Waals surface area contributed by atoms with Gasteiger partial charge in [0.15, 0.2) is 0 Å². The number of hydrogen-bond donors (Lipinski definition) is 1. The number of carboxylic acid groups (broad SMARTS) is 1. The third-order valence-electron chi connectivity index (χ3n) is 3.23. The summed E-state index contributed by atoms with van der Waals surface area (Å²) in [6.07, 6.45) is 0. The molecule has 3 rings (SSSR count). The SMILES string of the molecule is Cc1ccc(Sc2ccc3ccccc3n2)cc1C(=O)O. The normalized spacial score (nSPS) is 10.7. The van der Waals surface area contributed by atoms with E-state index in [0.717, 1.165) is 26.4 Å². The molecule has 2 aromatic carbocycles. The fourth-order valence-corrected chi connectivity index (χ4v) is 2.95. The van der Waals surface area contributed by atoms with Crippen LogP contribution in [0.2, 0.25) is 0 Å². The molecule has 0 fully saturated rings. The lowest BCUT2D eigenvalue weighted by Crippen LogP contribution is -1.99. The number of benzene rings is 2. The van der Waals surface area contributed by atoms with Crippen molar-refractivity contribution < 1.29 is 9.90 Å². The number of carbonyl (C=O) groups is 1. The third kappa shape index (κ3) is 2.90. The molecule has 0 atom stereocenters. The van der Waals surface area contributed by atoms with Gasteiger partial charge in [0.2, 0.25) is 0 Å². The Morgan fingerprint density at radius 1 is 1.10 bits per heavy atom. The van der Waals surface area contributed by atoms with E-state index >= 15 is 0 Å². The van der Waals surface area contributed by atoms with Crippen LogP contribution in [-0.4, -0.2) is 16.1 Å². The third-order valence-corrected chi connectivity index (χ3v) is 4.16. The first-order valence-electron chi connectivity index (χ1n) is 6.51. The van der Waals surface area contributed by atoms with E-state index in [1.807, 2.05) is 48.5 Å². The summed E-state index contributed by atoms with van der Waals surface area (Å²) in [7, 11) is 0. The number of pyridine rings is 1. The van der Waals surface area contributed by atoms with E-state index < -0.39 is 5.97 Å². The minimum atomic E-state index is -0.901. The monoisotopic (exact) mass is 295 g/mol. The molecule has 4 heteroatoms. The van der Waals surface area contributed by atoms with E-state index in [0.29, 0.717) is 5.56 Å². The molecule has 1 heterocycles. The quantitative estimate of drug-likeness (QED) is 0.778. The first kappa shape index (κ1) is 13.6. The molecule has 1 N–H and O–H groups in total. The van der Waals surface area contributed by atoms with E-state index in [-0.39, 0.29) is 0 Å². The topological polar surface area (TPSA) is 50.2 Å². The van der Waals surface area contributed by atoms with Crippen molar-refractivity contribution in [1.82, 2.24) is 4.98 Å². The maximum Gasteiger partial charge on any atom is 0.335 e. The van der Waals surface area contributed by atoms with Crippen molar-refractivity contribution >= 4 is 28.6 Å². The smallest absolute Gasteiger partial charge is 0.335 e. The molecule has 0 amide bonds. The van der Waals surface area contributed by atoms with Gasteiger partial charge in [-0.1, -0.05) is 42.1 Å². The number of carboxylic acids is 1. The summed E-state index contributed by atoms with van der Waals surface area (Å²) in [5, 5.41) is 11.1. The van der Waals surface area contributed by atoms with Gasteiger partial charge in [-0.3, -0.25) is 0 Å². The molecule has 0 aliphatic rings. The molecule has 0 aliphatic carbocycles. The Morgan fingerprint density at radius 2 is 1.90 bits per heavy atom. The molecule has 0 radical (unpaired) electrons. The van der Waals surface area contributed by atoms with Gasteiger partial charge in [-0.2, -0.15) is 0 Å². The fraction of sp³-hybridized carbons (Fsp3) is 0.0588. The Balaban J connectivity index is 1.94. The van der Waals surface area contributed by atoms with Gasteiger partial charge in [0, 0.05) is 10.3 Å². The summed E-state index contributed by atoms with van der Waals surface area (Å²) in [6, 6.07) is 17.3. The van der Waals surface area contributed by atoms with Crippen molar-refractivity contribution in [2.24, 2.45) is 0 Å². The van der Waals surface area contributed by atoms with E-state index in [2.05, 4.69) is 4.98 Å². The Morgan fingerprint density at radius 3 is 2.71 bits per heavy atom. The second kappa shape index (κ2) is 5.58. The van der Waals surface area contributed by atoms with Gasteiger partial charge in [-0.25, -0.2) is 9.78 Å². The zero-order valence-electron chi connectivity index (χ0n) is 11.4. The molecular weight excluding hydrogens is 282 g/mol. The molecule has 0 bridgehead atoms. The van der Waals surface area contributed by atoms with E-state index in [9.17, 15) is 9.90 Å². The van der Waals surface area contributed by atoms with Gasteiger partial charge >= 0.3 is 5.97 Å². The maximum atomic E-state index is 11.2. The van der Waals surface area contributed by atoms with Crippen molar-refractivity contribution in [1.29, 1.82) is 0 Å². The highest BCUT2D eigenvalue weighted by Crippen LogP contribution is 2.29. The van der Waals surface area contributed by atoms with Crippen molar-refractivity contribution in [3.63, 3.8) is 0 Å². The lowest BCUT2D eigenvalue weighted by Gasteiger charge is -2.06. The number of nitrogens with zero attached hydrogens (tertiary/aromatic N) is 1. The molecule has 3 aromatic rings. The minimum Gasteiger partial charge on any atom is -0.478 e. The van der Waals surface area contributed by atoms with Crippen molar-refractivity contribution in [3.8, 4) is 0 Å². The van der Waals surface area contributed by atoms with Crippen LogP contribution in [-0.2, 0) is 0 Å². The second-order valence-electron chi connectivity index (χ2n) is 4.73. The van der Waals surface area contributed by atoms with Gasteiger partial charge in [0.25, 0.3) is 0 Å². The molecule has 0 unspecified atom stereocenters. The molecule has 3 nitrogen and oxygen atoms in total. The molecular formula is C17H13NO2S. The first-order valence-corrected chi connectivity index (χ1v) is 7.33. The van der Waals surface area contributed by atoms with Crippen molar-refractivity contribution in [3.05, 3.63) is 65.7 Å². The highest BCUT2D eigenvalue weighted by atomic mass is 32.2. The van der Waals surface area contributed by atoms with E-state index in [1.165, 1.54) is 11.8 Å². The number of hydrogen-bond acceptors (Lipinski definition) is 3. The maximum absolute atomic E-state index is 11.2. The van der Waals surface area contributed by atoms with Crippen molar-refractivity contribution in [2.75, 3.05) is 0 Å². The molecule has 0 aliphatic heterocycles. The summed E-state index contributed by atoms with van der Waals surface area (Å²) in [5.74, 6) is -0.901. The van der Waals surface area contributed by atoms with Gasteiger partial charge in [-0.15, -0.1) is 0 Å². The van der Waals surface area contributed by atoms with Crippen LogP contribution in [0.4, 0.5) is 0 Å². The van der Waals surface area contributed by atoms with Gasteiger partial charge in [0.1, 0.15) is 5.03 Å². The van der Waals surface area contributed by atoms with Crippen LogP contribution in [0.1, 0.15) is 15.9 Å². The lowest BCUT2D eigenvalue weighted by atomic mass is 10.1. The Kier molecular flexibility index (Phi) is 3.62. The van der Waals surface area contributed by atoms with Crippen molar-refractivity contribution in [2.45, 2.75) is 16.8 Å². The predicted molar refractivity (Wildman–Crippen MR) is 84.0 cm³/mol. The summed E-state index contributed by atoms with van der Waals surface area (Å²) >= 11 is 1.47. The van der Waals surface area contributed by atoms with Gasteiger partial charge in [-0.05, 0) is 36.8 Å². The van der Waals surface area contributed by atoms with Crippen LogP contribution in [0.3, 0.4) is 0 Å². The Labute approximate surface area is 126 Å². The van der Waals surface area contributed by atoms with Crippen LogP contribution in [0.15, 0.2) is 64.5 Å². The summed E-state index contributed by atoms with van der Waals surface area (Å²) in [6.45, 7) is 1.80. The minimum absolute atomic E-state index is 0.334. The number of fused-ring (bicyclic) bond motifs is 1. The van der Waals surface area contributed by atoms with E-state index in [4.69, 9.17) is 0 Å². The second-order valence-corrected chi connectivity index (χ2v) is 5.82. The zero-order valence-corrected chi connectivity index (χ0v) is 12.2. The highest BCUT2D eigenvalue weighted by molar-refractivity contribution is 7.99. The molecule has 0 saturated carbocycles. The standard InChI is InChI=1S/C17H13NO2S/c1-11-6-8-13(10-14(11)17(19)20)21-16-9-7-12-4-2-3-5-15(12)18-16/h2-10H,1H3,(H,19,20). The molecule has 1 aromatic heterocycles. The zero-order chi connectivity index (χ0) is 14.8. The molecule has 21 heavy (non-hydrogen) atoms. The molecule has 104 valence electrons. The number of para-hydroxylation sites is 1. The number of aromatic carboxylic acids is 1. The predicted octanol–water partition coefficient (Wildman–Crippen LogP) is 4.39. The summed E-state index contributed by atoms with van der Waals surface area (Å²) in [5.41, 5.74) is 2.03. The summed E-state index contributed by atoms with van der Waals surface area (Å²) < 4.78 is 0. The largest absolute Gasteiger partial charge is 0.478 e. The highest BCUT2D eigenvalue weighted by Gasteiger charge is 2.09. The van der Waals surface area contributed by atoms with Gasteiger partial charge in [0.05, 0.1) is 11.1 Å². The van der Waals surface area contributed by atoms with Crippen LogP contribution in [0, 0.1) is 6.92 Å². The lowest BCUT2D eigenvalue weighted by molar-refractivity contribution is 0.0696.